The van der Waals surface area contributed by atoms with E-state index in [1.54, 1.807) is 0 Å². The van der Waals surface area contributed by atoms with Crippen molar-refractivity contribution in [1.29, 1.82) is 0 Å². The number of rotatable bonds is 3. The number of aryl methyl sites for hydroxylation is 1. The summed E-state index contributed by atoms with van der Waals surface area (Å²) < 4.78 is 0. The van der Waals surface area contributed by atoms with Crippen LogP contribution in [-0.2, 0) is 12.8 Å². The van der Waals surface area contributed by atoms with Gasteiger partial charge in [0.05, 0.1) is 0 Å². The van der Waals surface area contributed by atoms with Crippen molar-refractivity contribution in [1.82, 2.24) is 0 Å². The van der Waals surface area contributed by atoms with Gasteiger partial charge in [-0.1, -0.05) is 68.8 Å². The van der Waals surface area contributed by atoms with Gasteiger partial charge in [-0.15, -0.1) is 0 Å². The molecule has 0 nitrogen and oxygen atoms in total. The SMILES string of the molecule is CCc1ccc(CC2=C(Cl)C(C)(C)CC=C2)cc1. The first-order valence-corrected chi connectivity index (χ1v) is 7.04. The van der Waals surface area contributed by atoms with Crippen LogP contribution < -0.4 is 0 Å². The Balaban J connectivity index is 2.20. The maximum Gasteiger partial charge on any atom is 0.0275 e. The Hall–Kier alpha value is -1.01. The molecule has 0 aromatic heterocycles. The summed E-state index contributed by atoms with van der Waals surface area (Å²) in [5, 5.41) is 1.02. The molecule has 1 aliphatic carbocycles. The number of hydrogen-bond donors (Lipinski definition) is 0. The fourth-order valence-corrected chi connectivity index (χ4v) is 2.55. The van der Waals surface area contributed by atoms with E-state index in [0.29, 0.717) is 0 Å². The minimum absolute atomic E-state index is 0.0923. The van der Waals surface area contributed by atoms with Crippen LogP contribution in [0.4, 0.5) is 0 Å². The highest BCUT2D eigenvalue weighted by atomic mass is 35.5. The highest BCUT2D eigenvalue weighted by Crippen LogP contribution is 2.40. The van der Waals surface area contributed by atoms with Crippen LogP contribution in [0.15, 0.2) is 47.0 Å². The maximum absolute atomic E-state index is 6.51. The Morgan fingerprint density at radius 3 is 2.33 bits per heavy atom. The molecular formula is C17H21Cl. The smallest absolute Gasteiger partial charge is 0.0275 e. The molecule has 18 heavy (non-hydrogen) atoms. The van der Waals surface area contributed by atoms with Crippen molar-refractivity contribution in [2.24, 2.45) is 5.41 Å². The van der Waals surface area contributed by atoms with Gasteiger partial charge in [0.25, 0.3) is 0 Å². The first-order valence-electron chi connectivity index (χ1n) is 6.66. The summed E-state index contributed by atoms with van der Waals surface area (Å²) >= 11 is 6.51. The van der Waals surface area contributed by atoms with Gasteiger partial charge in [-0.05, 0) is 36.0 Å². The van der Waals surface area contributed by atoms with Crippen LogP contribution in [0.3, 0.4) is 0 Å². The summed E-state index contributed by atoms with van der Waals surface area (Å²) in [4.78, 5) is 0. The molecule has 0 spiro atoms. The van der Waals surface area contributed by atoms with Gasteiger partial charge in [-0.3, -0.25) is 0 Å². The molecule has 2 rings (SSSR count). The lowest BCUT2D eigenvalue weighted by molar-refractivity contribution is 0.467. The van der Waals surface area contributed by atoms with E-state index in [0.717, 1.165) is 24.3 Å². The molecular weight excluding hydrogens is 240 g/mol. The van der Waals surface area contributed by atoms with Gasteiger partial charge >= 0.3 is 0 Å². The summed E-state index contributed by atoms with van der Waals surface area (Å²) in [6.07, 6.45) is 7.48. The lowest BCUT2D eigenvalue weighted by Gasteiger charge is -2.28. The van der Waals surface area contributed by atoms with Gasteiger partial charge in [0.2, 0.25) is 0 Å². The van der Waals surface area contributed by atoms with Crippen molar-refractivity contribution in [2.45, 2.75) is 40.0 Å². The predicted octanol–water partition coefficient (Wildman–Crippen LogP) is 5.27. The molecule has 1 aliphatic rings. The quantitative estimate of drug-likeness (QED) is 0.694. The molecule has 1 aromatic rings. The van der Waals surface area contributed by atoms with E-state index in [9.17, 15) is 0 Å². The van der Waals surface area contributed by atoms with Crippen LogP contribution in [0.1, 0.15) is 38.3 Å². The first kappa shape index (κ1) is 13.4. The van der Waals surface area contributed by atoms with Gasteiger partial charge in [0, 0.05) is 10.4 Å². The van der Waals surface area contributed by atoms with Crippen LogP contribution in [0.25, 0.3) is 0 Å². The molecule has 0 aliphatic heterocycles. The summed E-state index contributed by atoms with van der Waals surface area (Å²) in [6.45, 7) is 6.60. The highest BCUT2D eigenvalue weighted by molar-refractivity contribution is 6.30. The van der Waals surface area contributed by atoms with Crippen LogP contribution >= 0.6 is 11.6 Å². The topological polar surface area (TPSA) is 0 Å². The Kier molecular flexibility index (Phi) is 3.97. The number of halogens is 1. The molecule has 0 radical (unpaired) electrons. The van der Waals surface area contributed by atoms with Crippen molar-refractivity contribution in [2.75, 3.05) is 0 Å². The van der Waals surface area contributed by atoms with Crippen molar-refractivity contribution in [3.8, 4) is 0 Å². The van der Waals surface area contributed by atoms with E-state index < -0.39 is 0 Å². The minimum Gasteiger partial charge on any atom is -0.0882 e. The fourth-order valence-electron chi connectivity index (χ4n) is 2.34. The minimum atomic E-state index is 0.0923. The van der Waals surface area contributed by atoms with E-state index >= 15 is 0 Å². The average molecular weight is 261 g/mol. The number of hydrogen-bond acceptors (Lipinski definition) is 0. The Bertz CT molecular complexity index is 475. The molecule has 0 saturated carbocycles. The summed E-state index contributed by atoms with van der Waals surface area (Å²) in [7, 11) is 0. The van der Waals surface area contributed by atoms with Crippen molar-refractivity contribution in [3.05, 3.63) is 58.1 Å². The molecule has 0 fully saturated rings. The number of allylic oxidation sites excluding steroid dienone is 4. The molecule has 0 heterocycles. The second-order valence-electron chi connectivity index (χ2n) is 5.68. The molecule has 0 bridgehead atoms. The first-order chi connectivity index (χ1) is 8.53. The van der Waals surface area contributed by atoms with Crippen LogP contribution in [0.5, 0.6) is 0 Å². The highest BCUT2D eigenvalue weighted by Gasteiger charge is 2.25. The Labute approximate surface area is 115 Å². The van der Waals surface area contributed by atoms with E-state index in [1.807, 2.05) is 0 Å². The van der Waals surface area contributed by atoms with Crippen molar-refractivity contribution in [3.63, 3.8) is 0 Å². The van der Waals surface area contributed by atoms with Gasteiger partial charge < -0.3 is 0 Å². The zero-order chi connectivity index (χ0) is 13.2. The van der Waals surface area contributed by atoms with Crippen LogP contribution in [0, 0.1) is 5.41 Å². The molecule has 96 valence electrons. The lowest BCUT2D eigenvalue weighted by Crippen LogP contribution is -2.15. The predicted molar refractivity (Wildman–Crippen MR) is 79.9 cm³/mol. The zero-order valence-corrected chi connectivity index (χ0v) is 12.2. The molecule has 0 N–H and O–H groups in total. The maximum atomic E-state index is 6.51. The second-order valence-corrected chi connectivity index (χ2v) is 6.05. The standard InChI is InChI=1S/C17H21Cl/c1-4-13-7-9-14(10-8-13)12-15-6-5-11-17(2,3)16(15)18/h5-10H,4,11-12H2,1-3H3. The van der Waals surface area contributed by atoms with Gasteiger partial charge in [0.1, 0.15) is 0 Å². The molecule has 0 unspecified atom stereocenters. The van der Waals surface area contributed by atoms with Crippen LogP contribution in [-0.4, -0.2) is 0 Å². The third kappa shape index (κ3) is 2.87. The summed E-state index contributed by atoms with van der Waals surface area (Å²) in [6, 6.07) is 8.85. The third-order valence-corrected chi connectivity index (χ3v) is 4.40. The van der Waals surface area contributed by atoms with Crippen molar-refractivity contribution < 1.29 is 0 Å². The molecule has 1 heteroatoms. The normalized spacial score (nSPS) is 18.2. The summed E-state index contributed by atoms with van der Waals surface area (Å²) in [5.41, 5.74) is 4.08. The lowest BCUT2D eigenvalue weighted by atomic mass is 9.81. The Morgan fingerprint density at radius 1 is 1.11 bits per heavy atom. The monoisotopic (exact) mass is 260 g/mol. The average Bonchev–Trinajstić information content (AvgIpc) is 2.36. The molecule has 0 atom stereocenters. The van der Waals surface area contributed by atoms with Gasteiger partial charge in [-0.25, -0.2) is 0 Å². The largest absolute Gasteiger partial charge is 0.0882 e. The second kappa shape index (κ2) is 5.32. The third-order valence-electron chi connectivity index (χ3n) is 3.65. The Morgan fingerprint density at radius 2 is 1.72 bits per heavy atom. The van der Waals surface area contributed by atoms with E-state index in [4.69, 9.17) is 11.6 Å². The fraction of sp³-hybridized carbons (Fsp3) is 0.412. The zero-order valence-electron chi connectivity index (χ0n) is 11.5. The van der Waals surface area contributed by atoms with Crippen LogP contribution in [0.2, 0.25) is 0 Å². The van der Waals surface area contributed by atoms with E-state index in [-0.39, 0.29) is 5.41 Å². The molecule has 0 saturated heterocycles. The van der Waals surface area contributed by atoms with E-state index in [1.165, 1.54) is 16.7 Å². The molecule has 1 aromatic carbocycles. The van der Waals surface area contributed by atoms with Crippen molar-refractivity contribution >= 4 is 11.6 Å². The molecule has 0 amide bonds. The summed E-state index contributed by atoms with van der Waals surface area (Å²) in [5.74, 6) is 0. The number of benzene rings is 1. The van der Waals surface area contributed by atoms with E-state index in [2.05, 4.69) is 57.2 Å². The van der Waals surface area contributed by atoms with Gasteiger partial charge in [-0.2, -0.15) is 0 Å². The van der Waals surface area contributed by atoms with Gasteiger partial charge in [0.15, 0.2) is 0 Å².